The van der Waals surface area contributed by atoms with Crippen LogP contribution < -0.4 is 20.5 Å². The second-order valence-electron chi connectivity index (χ2n) is 9.11. The van der Waals surface area contributed by atoms with Gasteiger partial charge in [0.25, 0.3) is 0 Å². The fourth-order valence-corrected chi connectivity index (χ4v) is 5.97. The number of anilines is 2. The number of halogens is 3. The van der Waals surface area contributed by atoms with Crippen LogP contribution in [-0.2, 0) is 25.9 Å². The molecule has 0 unspecified atom stereocenters. The number of sulfonamides is 1. The number of rotatable bonds is 10. The topological polar surface area (TPSA) is 112 Å². The van der Waals surface area contributed by atoms with Crippen LogP contribution >= 0.6 is 11.3 Å². The molecule has 2 heterocycles. The van der Waals surface area contributed by atoms with Gasteiger partial charge < -0.3 is 24.8 Å². The Labute approximate surface area is 235 Å². The molecule has 0 aliphatic carbocycles. The van der Waals surface area contributed by atoms with E-state index in [1.165, 1.54) is 36.6 Å². The van der Waals surface area contributed by atoms with E-state index in [4.69, 9.17) is 19.3 Å². The van der Waals surface area contributed by atoms with Crippen LogP contribution in [0.2, 0.25) is 0 Å². The van der Waals surface area contributed by atoms with Crippen molar-refractivity contribution in [2.75, 3.05) is 50.7 Å². The fourth-order valence-electron chi connectivity index (χ4n) is 4.27. The molecule has 1 aliphatic rings. The highest BCUT2D eigenvalue weighted by Gasteiger charge is 2.31. The minimum absolute atomic E-state index is 0.0717. The van der Waals surface area contributed by atoms with Crippen molar-refractivity contribution in [3.8, 4) is 17.6 Å². The van der Waals surface area contributed by atoms with Crippen molar-refractivity contribution in [2.45, 2.75) is 36.4 Å². The Balaban J connectivity index is 1.59. The van der Waals surface area contributed by atoms with E-state index in [9.17, 15) is 21.6 Å². The van der Waals surface area contributed by atoms with E-state index in [0.29, 0.717) is 29.2 Å². The molecular formula is C27H30F3N3O5S2. The third-order valence-electron chi connectivity index (χ3n) is 6.17. The Kier molecular flexibility index (Phi) is 9.81. The van der Waals surface area contributed by atoms with Gasteiger partial charge in [-0.2, -0.15) is 13.2 Å². The number of methoxy groups -OCH3 is 1. The van der Waals surface area contributed by atoms with E-state index in [1.54, 1.807) is 12.1 Å². The van der Waals surface area contributed by atoms with Gasteiger partial charge in [-0.25, -0.2) is 13.6 Å². The number of nitrogens with one attached hydrogen (secondary N) is 2. The SMILES string of the molecule is COCCOc1cc(S(N)(=O)=O)ccc1NCC#Cc1sc2c(NC3CCOCC3)cccc2c1CC(F)(F)F. The second-order valence-corrected chi connectivity index (χ2v) is 11.7. The highest BCUT2D eigenvalue weighted by atomic mass is 32.2. The van der Waals surface area contributed by atoms with Crippen LogP contribution in [0.15, 0.2) is 41.3 Å². The van der Waals surface area contributed by atoms with E-state index in [0.717, 1.165) is 23.2 Å². The minimum Gasteiger partial charge on any atom is -0.489 e. The molecule has 4 N–H and O–H groups in total. The number of benzene rings is 2. The number of ether oxygens (including phenoxy) is 3. The van der Waals surface area contributed by atoms with E-state index >= 15 is 0 Å². The molecule has 0 atom stereocenters. The molecule has 0 amide bonds. The molecule has 40 heavy (non-hydrogen) atoms. The third-order valence-corrected chi connectivity index (χ3v) is 8.28. The predicted octanol–water partition coefficient (Wildman–Crippen LogP) is 4.73. The van der Waals surface area contributed by atoms with Gasteiger partial charge in [0.2, 0.25) is 10.0 Å². The highest BCUT2D eigenvalue weighted by Crippen LogP contribution is 2.39. The molecule has 0 saturated carbocycles. The largest absolute Gasteiger partial charge is 0.489 e. The lowest BCUT2D eigenvalue weighted by molar-refractivity contribution is -0.126. The van der Waals surface area contributed by atoms with Crippen LogP contribution in [-0.4, -0.2) is 60.7 Å². The zero-order valence-corrected chi connectivity index (χ0v) is 23.4. The summed E-state index contributed by atoms with van der Waals surface area (Å²) in [5.74, 6) is 6.05. The Morgan fingerprint density at radius 1 is 1.15 bits per heavy atom. The maximum absolute atomic E-state index is 13.5. The predicted molar refractivity (Wildman–Crippen MR) is 150 cm³/mol. The van der Waals surface area contributed by atoms with Crippen LogP contribution in [0.4, 0.5) is 24.5 Å². The molecule has 0 bridgehead atoms. The third kappa shape index (κ3) is 8.02. The highest BCUT2D eigenvalue weighted by molar-refractivity contribution is 7.89. The number of thiophene rings is 1. The Morgan fingerprint density at radius 2 is 1.93 bits per heavy atom. The average Bonchev–Trinajstić information content (AvgIpc) is 3.24. The summed E-state index contributed by atoms with van der Waals surface area (Å²) in [6.45, 7) is 1.80. The summed E-state index contributed by atoms with van der Waals surface area (Å²) < 4.78 is 80.9. The lowest BCUT2D eigenvalue weighted by Gasteiger charge is -2.24. The Hall–Kier alpha value is -3.02. The van der Waals surface area contributed by atoms with Crippen molar-refractivity contribution in [3.05, 3.63) is 46.8 Å². The Morgan fingerprint density at radius 3 is 2.62 bits per heavy atom. The summed E-state index contributed by atoms with van der Waals surface area (Å²) >= 11 is 1.23. The van der Waals surface area contributed by atoms with Gasteiger partial charge in [-0.1, -0.05) is 24.0 Å². The number of primary sulfonamides is 1. The van der Waals surface area contributed by atoms with E-state index in [2.05, 4.69) is 22.5 Å². The van der Waals surface area contributed by atoms with Crippen LogP contribution in [0.3, 0.4) is 0 Å². The van der Waals surface area contributed by atoms with Crippen molar-refractivity contribution < 1.29 is 35.8 Å². The summed E-state index contributed by atoms with van der Waals surface area (Å²) in [6, 6.07) is 9.63. The van der Waals surface area contributed by atoms with Crippen LogP contribution in [0.25, 0.3) is 10.1 Å². The van der Waals surface area contributed by atoms with Gasteiger partial charge in [-0.3, -0.25) is 0 Å². The van der Waals surface area contributed by atoms with Gasteiger partial charge in [-0.15, -0.1) is 11.3 Å². The van der Waals surface area contributed by atoms with E-state index in [-0.39, 0.29) is 42.0 Å². The zero-order valence-electron chi connectivity index (χ0n) is 21.8. The summed E-state index contributed by atoms with van der Waals surface area (Å²) in [7, 11) is -2.44. The number of alkyl halides is 3. The first-order valence-electron chi connectivity index (χ1n) is 12.5. The number of hydrogen-bond acceptors (Lipinski definition) is 8. The standard InChI is InChI=1S/C27H30F3N3O5S2/c1-36-14-15-38-24-16-19(40(31,34)35)7-8-22(24)32-11-3-6-25-21(17-27(28,29)30)20-4-2-5-23(26(20)39-25)33-18-9-12-37-13-10-18/h2,4-5,7-8,16,18,32-33H,9-15,17H2,1H3,(H2,31,34,35). The van der Waals surface area contributed by atoms with Gasteiger partial charge in [-0.05, 0) is 42.0 Å². The smallest absolute Gasteiger partial charge is 0.393 e. The Bertz CT molecular complexity index is 1490. The first-order chi connectivity index (χ1) is 19.0. The number of nitrogens with two attached hydrogens (primary N) is 1. The molecule has 4 rings (SSSR count). The molecule has 1 aromatic heterocycles. The molecule has 0 radical (unpaired) electrons. The molecule has 13 heteroatoms. The fraction of sp³-hybridized carbons (Fsp3) is 0.407. The molecule has 216 valence electrons. The quantitative estimate of drug-likeness (QED) is 0.229. The number of hydrogen-bond donors (Lipinski definition) is 3. The van der Waals surface area contributed by atoms with Gasteiger partial charge >= 0.3 is 6.18 Å². The van der Waals surface area contributed by atoms with Crippen molar-refractivity contribution in [1.29, 1.82) is 0 Å². The maximum Gasteiger partial charge on any atom is 0.393 e. The summed E-state index contributed by atoms with van der Waals surface area (Å²) in [6.07, 6.45) is -3.83. The number of fused-ring (bicyclic) bond motifs is 1. The molecule has 0 spiro atoms. The molecule has 3 aromatic rings. The van der Waals surface area contributed by atoms with Crippen LogP contribution in [0.5, 0.6) is 5.75 Å². The van der Waals surface area contributed by atoms with Crippen molar-refractivity contribution in [2.24, 2.45) is 5.14 Å². The van der Waals surface area contributed by atoms with Gasteiger partial charge in [0.15, 0.2) is 0 Å². The summed E-state index contributed by atoms with van der Waals surface area (Å²) in [5, 5.41) is 12.3. The average molecular weight is 598 g/mol. The summed E-state index contributed by atoms with van der Waals surface area (Å²) in [5.41, 5.74) is 1.39. The molecule has 1 aliphatic heterocycles. The molecule has 1 fully saturated rings. The molecule has 8 nitrogen and oxygen atoms in total. The van der Waals surface area contributed by atoms with Crippen LogP contribution in [0.1, 0.15) is 23.3 Å². The normalized spacial score (nSPS) is 14.5. The first kappa shape index (κ1) is 30.0. The monoisotopic (exact) mass is 597 g/mol. The second kappa shape index (κ2) is 13.1. The lowest BCUT2D eigenvalue weighted by atomic mass is 10.1. The van der Waals surface area contributed by atoms with Crippen molar-refractivity contribution in [1.82, 2.24) is 0 Å². The van der Waals surface area contributed by atoms with Gasteiger partial charge in [0.05, 0.1) is 45.4 Å². The van der Waals surface area contributed by atoms with E-state index in [1.807, 2.05) is 6.07 Å². The zero-order chi connectivity index (χ0) is 28.8. The van der Waals surface area contributed by atoms with Crippen LogP contribution in [0, 0.1) is 11.8 Å². The van der Waals surface area contributed by atoms with E-state index < -0.39 is 22.6 Å². The van der Waals surface area contributed by atoms with Gasteiger partial charge in [0.1, 0.15) is 12.4 Å². The maximum atomic E-state index is 13.5. The molecule has 1 saturated heterocycles. The van der Waals surface area contributed by atoms with Crippen molar-refractivity contribution in [3.63, 3.8) is 0 Å². The van der Waals surface area contributed by atoms with Gasteiger partial charge in [0, 0.05) is 32.4 Å². The lowest BCUT2D eigenvalue weighted by Crippen LogP contribution is -2.27. The molecular weight excluding hydrogens is 567 g/mol. The first-order valence-corrected chi connectivity index (χ1v) is 14.9. The van der Waals surface area contributed by atoms with Crippen molar-refractivity contribution >= 4 is 42.8 Å². The molecule has 2 aromatic carbocycles. The minimum atomic E-state index is -4.40. The summed E-state index contributed by atoms with van der Waals surface area (Å²) in [4.78, 5) is 0.222.